The van der Waals surface area contributed by atoms with Crippen molar-refractivity contribution in [1.82, 2.24) is 5.32 Å². The highest BCUT2D eigenvalue weighted by Gasteiger charge is 2.18. The second-order valence-electron chi connectivity index (χ2n) is 6.22. The Hall–Kier alpha value is -1.12. The fourth-order valence-electron chi connectivity index (χ4n) is 2.76. The fourth-order valence-corrected chi connectivity index (χ4v) is 2.76. The molecule has 0 bridgehead atoms. The minimum absolute atomic E-state index is 0.633. The van der Waals surface area contributed by atoms with Crippen LogP contribution < -0.4 is 5.32 Å². The lowest BCUT2D eigenvalue weighted by Crippen LogP contribution is -2.35. The van der Waals surface area contributed by atoms with Gasteiger partial charge in [0.25, 0.3) is 0 Å². The predicted octanol–water partition coefficient (Wildman–Crippen LogP) is 2.86. The van der Waals surface area contributed by atoms with Gasteiger partial charge in [-0.2, -0.15) is 0 Å². The molecule has 19 heavy (non-hydrogen) atoms. The van der Waals surface area contributed by atoms with E-state index in [2.05, 4.69) is 31.0 Å². The first-order chi connectivity index (χ1) is 8.88. The first-order valence-electron chi connectivity index (χ1n) is 7.11. The van der Waals surface area contributed by atoms with Crippen LogP contribution in [0.4, 0.5) is 0 Å². The van der Waals surface area contributed by atoms with E-state index in [4.69, 9.17) is 0 Å². The average Bonchev–Trinajstić information content (AvgIpc) is 2.69. The number of hydrogen-bond acceptors (Lipinski definition) is 2. The van der Waals surface area contributed by atoms with Crippen LogP contribution in [-0.2, 0) is 12.8 Å². The minimum atomic E-state index is -0.634. The third-order valence-electron chi connectivity index (χ3n) is 3.90. The Kier molecular flexibility index (Phi) is 4.12. The topological polar surface area (TPSA) is 32.3 Å². The van der Waals surface area contributed by atoms with Gasteiger partial charge in [0.15, 0.2) is 0 Å². The summed E-state index contributed by atoms with van der Waals surface area (Å²) in [7, 11) is 0. The van der Waals surface area contributed by atoms with E-state index in [0.717, 1.165) is 25.8 Å². The molecule has 2 nitrogen and oxygen atoms in total. The van der Waals surface area contributed by atoms with Crippen LogP contribution in [0.1, 0.15) is 42.5 Å². The van der Waals surface area contributed by atoms with Crippen LogP contribution in [0, 0.1) is 6.92 Å². The van der Waals surface area contributed by atoms with Gasteiger partial charge < -0.3 is 10.4 Å². The van der Waals surface area contributed by atoms with Gasteiger partial charge in [-0.05, 0) is 74.4 Å². The summed E-state index contributed by atoms with van der Waals surface area (Å²) >= 11 is 0. The van der Waals surface area contributed by atoms with Crippen molar-refractivity contribution >= 4 is 5.57 Å². The molecule has 0 fully saturated rings. The Bertz CT molecular complexity index is 483. The Morgan fingerprint density at radius 2 is 2.05 bits per heavy atom. The van der Waals surface area contributed by atoms with Gasteiger partial charge in [0, 0.05) is 6.54 Å². The summed E-state index contributed by atoms with van der Waals surface area (Å²) in [6.07, 6.45) is 3.27. The summed E-state index contributed by atoms with van der Waals surface area (Å²) in [5.74, 6) is 0. The van der Waals surface area contributed by atoms with E-state index in [1.807, 2.05) is 13.8 Å². The third-order valence-corrected chi connectivity index (χ3v) is 3.90. The summed E-state index contributed by atoms with van der Waals surface area (Å²) in [6, 6.07) is 4.46. The van der Waals surface area contributed by atoms with Crippen LogP contribution in [-0.4, -0.2) is 23.8 Å². The zero-order valence-electron chi connectivity index (χ0n) is 12.3. The molecule has 2 rings (SSSR count). The number of benzene rings is 1. The molecule has 0 unspecified atom stereocenters. The van der Waals surface area contributed by atoms with Gasteiger partial charge in [-0.15, -0.1) is 0 Å². The maximum absolute atomic E-state index is 9.65. The van der Waals surface area contributed by atoms with E-state index >= 15 is 0 Å². The zero-order chi connectivity index (χ0) is 14.0. The maximum Gasteiger partial charge on any atom is 0.0715 e. The van der Waals surface area contributed by atoms with Crippen LogP contribution >= 0.6 is 0 Å². The molecule has 0 saturated heterocycles. The summed E-state index contributed by atoms with van der Waals surface area (Å²) in [5, 5.41) is 13.0. The van der Waals surface area contributed by atoms with Crippen molar-refractivity contribution in [2.45, 2.75) is 45.6 Å². The summed E-state index contributed by atoms with van der Waals surface area (Å²) in [6.45, 7) is 11.5. The number of fused-ring (bicyclic) bond motifs is 1. The molecule has 104 valence electrons. The summed E-state index contributed by atoms with van der Waals surface area (Å²) in [5.41, 5.74) is 6.35. The summed E-state index contributed by atoms with van der Waals surface area (Å²) in [4.78, 5) is 0. The minimum Gasteiger partial charge on any atom is -0.389 e. The third kappa shape index (κ3) is 3.46. The molecule has 0 aliphatic heterocycles. The lowest BCUT2D eigenvalue weighted by molar-refractivity contribution is 0.0801. The quantitative estimate of drug-likeness (QED) is 0.797. The van der Waals surface area contributed by atoms with E-state index in [1.54, 1.807) is 0 Å². The van der Waals surface area contributed by atoms with E-state index in [0.29, 0.717) is 6.54 Å². The molecule has 0 spiro atoms. The Morgan fingerprint density at radius 3 is 2.74 bits per heavy atom. The SMILES string of the molecule is C=C1CCc2c1ccc(CCNCC(C)(C)O)c2C. The lowest BCUT2D eigenvalue weighted by atomic mass is 9.96. The van der Waals surface area contributed by atoms with Crippen molar-refractivity contribution in [1.29, 1.82) is 0 Å². The molecule has 2 heteroatoms. The Morgan fingerprint density at radius 1 is 1.32 bits per heavy atom. The van der Waals surface area contributed by atoms with E-state index in [-0.39, 0.29) is 0 Å². The van der Waals surface area contributed by atoms with E-state index in [9.17, 15) is 5.11 Å². The van der Waals surface area contributed by atoms with Crippen molar-refractivity contribution in [3.63, 3.8) is 0 Å². The van der Waals surface area contributed by atoms with Crippen LogP contribution in [0.5, 0.6) is 0 Å². The summed E-state index contributed by atoms with van der Waals surface area (Å²) < 4.78 is 0. The second kappa shape index (κ2) is 5.48. The van der Waals surface area contributed by atoms with E-state index in [1.165, 1.54) is 27.8 Å². The van der Waals surface area contributed by atoms with E-state index < -0.39 is 5.60 Å². The van der Waals surface area contributed by atoms with Gasteiger partial charge in [-0.1, -0.05) is 18.7 Å². The highest BCUT2D eigenvalue weighted by molar-refractivity contribution is 5.72. The molecule has 0 radical (unpaired) electrons. The molecule has 0 aromatic heterocycles. The Balaban J connectivity index is 1.97. The van der Waals surface area contributed by atoms with Crippen molar-refractivity contribution in [3.8, 4) is 0 Å². The van der Waals surface area contributed by atoms with Crippen LogP contribution in [0.25, 0.3) is 5.57 Å². The maximum atomic E-state index is 9.65. The van der Waals surface area contributed by atoms with Gasteiger partial charge in [0.05, 0.1) is 5.60 Å². The zero-order valence-corrected chi connectivity index (χ0v) is 12.3. The normalized spacial score (nSPS) is 14.8. The molecule has 0 atom stereocenters. The van der Waals surface area contributed by atoms with Crippen molar-refractivity contribution in [3.05, 3.63) is 41.0 Å². The van der Waals surface area contributed by atoms with Crippen LogP contribution in [0.2, 0.25) is 0 Å². The van der Waals surface area contributed by atoms with Crippen LogP contribution in [0.15, 0.2) is 18.7 Å². The van der Waals surface area contributed by atoms with Gasteiger partial charge in [0.1, 0.15) is 0 Å². The molecule has 0 amide bonds. The molecule has 1 aromatic rings. The van der Waals surface area contributed by atoms with Gasteiger partial charge >= 0.3 is 0 Å². The van der Waals surface area contributed by atoms with Crippen molar-refractivity contribution < 1.29 is 5.11 Å². The second-order valence-corrected chi connectivity index (χ2v) is 6.22. The van der Waals surface area contributed by atoms with Crippen molar-refractivity contribution in [2.24, 2.45) is 0 Å². The average molecular weight is 259 g/mol. The number of hydrogen-bond donors (Lipinski definition) is 2. The molecule has 2 N–H and O–H groups in total. The van der Waals surface area contributed by atoms with Gasteiger partial charge in [0.2, 0.25) is 0 Å². The van der Waals surface area contributed by atoms with Crippen molar-refractivity contribution in [2.75, 3.05) is 13.1 Å². The first-order valence-corrected chi connectivity index (χ1v) is 7.11. The number of allylic oxidation sites excluding steroid dienone is 1. The predicted molar refractivity (Wildman–Crippen MR) is 81.4 cm³/mol. The number of aliphatic hydroxyl groups is 1. The highest BCUT2D eigenvalue weighted by Crippen LogP contribution is 2.34. The van der Waals surface area contributed by atoms with Gasteiger partial charge in [-0.25, -0.2) is 0 Å². The molecule has 1 aliphatic rings. The molecular weight excluding hydrogens is 234 g/mol. The fraction of sp³-hybridized carbons (Fsp3) is 0.529. The smallest absolute Gasteiger partial charge is 0.0715 e. The van der Waals surface area contributed by atoms with Gasteiger partial charge in [-0.3, -0.25) is 0 Å². The first kappa shape index (κ1) is 14.3. The number of nitrogens with one attached hydrogen (secondary N) is 1. The lowest BCUT2D eigenvalue weighted by Gasteiger charge is -2.18. The van der Waals surface area contributed by atoms with Crippen LogP contribution in [0.3, 0.4) is 0 Å². The highest BCUT2D eigenvalue weighted by atomic mass is 16.3. The molecule has 1 aromatic carbocycles. The Labute approximate surface area is 116 Å². The molecule has 0 heterocycles. The molecule has 1 aliphatic carbocycles. The molecular formula is C17H25NO. The standard InChI is InChI=1S/C17H25NO/c1-12-5-7-16-13(2)14(6-8-15(12)16)9-10-18-11-17(3,4)19/h6,8,18-19H,1,5,7,9-11H2,2-4H3. The molecule has 0 saturated carbocycles. The number of rotatable bonds is 5. The monoisotopic (exact) mass is 259 g/mol. The largest absolute Gasteiger partial charge is 0.389 e.